The lowest BCUT2D eigenvalue weighted by Crippen LogP contribution is -1.92. The number of aromatic nitrogens is 1. The number of hydrogen-bond acceptors (Lipinski definition) is 2. The molecule has 5 heteroatoms. The van der Waals surface area contributed by atoms with Crippen molar-refractivity contribution in [2.45, 2.75) is 0 Å². The summed E-state index contributed by atoms with van der Waals surface area (Å²) in [6.45, 7) is 0. The summed E-state index contributed by atoms with van der Waals surface area (Å²) >= 11 is 1.09. The number of hydrogen-bond donors (Lipinski definition) is 0. The Labute approximate surface area is 81.8 Å². The van der Waals surface area contributed by atoms with E-state index < -0.39 is 17.5 Å². The molecule has 0 unspecified atom stereocenters. The largest absolute Gasteiger partial charge is 0.233 e. The van der Waals surface area contributed by atoms with Crippen molar-refractivity contribution in [2.24, 2.45) is 0 Å². The van der Waals surface area contributed by atoms with E-state index in [1.54, 1.807) is 0 Å². The molecule has 0 bridgehead atoms. The lowest BCUT2D eigenvalue weighted by molar-refractivity contribution is 0.547. The quantitative estimate of drug-likeness (QED) is 0.711. The monoisotopic (exact) mass is 214 g/mol. The molecule has 0 aliphatic heterocycles. The number of thiazole rings is 1. The second-order valence-electron chi connectivity index (χ2n) is 2.57. The van der Waals surface area contributed by atoms with E-state index in [4.69, 9.17) is 0 Å². The van der Waals surface area contributed by atoms with Crippen LogP contribution in [0.4, 0.5) is 13.2 Å². The van der Waals surface area contributed by atoms with Crippen LogP contribution in [0.15, 0.2) is 17.5 Å². The third kappa shape index (κ3) is 1.50. The summed E-state index contributed by atoms with van der Waals surface area (Å²) in [6, 6.07) is 1.25. The third-order valence-corrected chi connectivity index (χ3v) is 2.19. The Balaban J connectivity index is 2.64. The second-order valence-corrected chi connectivity index (χ2v) is 3.22. The van der Waals surface area contributed by atoms with Gasteiger partial charge in [-0.05, 0) is 0 Å². The average Bonchev–Trinajstić information content (AvgIpc) is 2.54. The first-order valence-electron chi connectivity index (χ1n) is 3.65. The molecule has 0 aliphatic rings. The summed E-state index contributed by atoms with van der Waals surface area (Å²) in [5, 5.41) is 1.44. The van der Waals surface area contributed by atoms with Gasteiger partial charge in [0.25, 0.3) is 0 Å². The molecule has 1 heterocycles. The summed E-state index contributed by atoms with van der Waals surface area (Å²) in [4.78, 5) is 3.63. The molecule has 1 radical (unpaired) electrons. The van der Waals surface area contributed by atoms with Gasteiger partial charge in [0.2, 0.25) is 0 Å². The first kappa shape index (κ1) is 9.21. The Morgan fingerprint density at radius 2 is 1.79 bits per heavy atom. The van der Waals surface area contributed by atoms with Crippen LogP contribution in [-0.2, 0) is 0 Å². The minimum atomic E-state index is -0.957. The molecule has 2 aromatic rings. The van der Waals surface area contributed by atoms with Gasteiger partial charge in [0, 0.05) is 17.5 Å². The third-order valence-electron chi connectivity index (χ3n) is 1.65. The van der Waals surface area contributed by atoms with Crippen molar-refractivity contribution in [3.05, 3.63) is 40.5 Å². The van der Waals surface area contributed by atoms with Crippen LogP contribution < -0.4 is 0 Å². The molecule has 1 nitrogen and oxygen atoms in total. The molecule has 14 heavy (non-hydrogen) atoms. The number of nitrogens with zero attached hydrogens (tertiary/aromatic N) is 1. The summed E-state index contributed by atoms with van der Waals surface area (Å²) < 4.78 is 38.8. The van der Waals surface area contributed by atoms with E-state index in [0.29, 0.717) is 12.1 Å². The smallest absolute Gasteiger partial charge is 0.152 e. The van der Waals surface area contributed by atoms with Crippen LogP contribution in [0.1, 0.15) is 0 Å². The standard InChI is InChI=1S/C9H3F3NS/c10-5-1-6(11)9(7(12)2-5)8-3-14-4-13-8/h1-3H. The van der Waals surface area contributed by atoms with E-state index in [0.717, 1.165) is 11.3 Å². The molecule has 0 saturated carbocycles. The van der Waals surface area contributed by atoms with Crippen LogP contribution in [0.2, 0.25) is 0 Å². The van der Waals surface area contributed by atoms with E-state index >= 15 is 0 Å². The van der Waals surface area contributed by atoms with Crippen molar-refractivity contribution in [3.63, 3.8) is 0 Å². The maximum atomic E-state index is 13.1. The summed E-state index contributed by atoms with van der Waals surface area (Å²) in [7, 11) is 0. The van der Waals surface area contributed by atoms with Crippen LogP contribution in [0, 0.1) is 23.0 Å². The average molecular weight is 214 g/mol. The number of halogens is 3. The van der Waals surface area contributed by atoms with Gasteiger partial charge in [-0.1, -0.05) is 0 Å². The van der Waals surface area contributed by atoms with E-state index in [2.05, 4.69) is 10.5 Å². The predicted octanol–water partition coefficient (Wildman–Crippen LogP) is 3.03. The van der Waals surface area contributed by atoms with E-state index in [1.165, 1.54) is 5.38 Å². The fourth-order valence-corrected chi connectivity index (χ4v) is 1.57. The second kappa shape index (κ2) is 3.42. The van der Waals surface area contributed by atoms with Crippen LogP contribution in [0.25, 0.3) is 11.3 Å². The van der Waals surface area contributed by atoms with Gasteiger partial charge in [-0.2, -0.15) is 0 Å². The van der Waals surface area contributed by atoms with Gasteiger partial charge < -0.3 is 0 Å². The SMILES string of the molecule is Fc1cc(F)c(-c2cs[c]n2)c(F)c1. The Hall–Kier alpha value is -1.36. The summed E-state index contributed by atoms with van der Waals surface area (Å²) in [5.41, 5.74) is 2.28. The van der Waals surface area contributed by atoms with Gasteiger partial charge in [0.1, 0.15) is 17.5 Å². The zero-order valence-electron chi connectivity index (χ0n) is 6.72. The molecule has 0 aliphatic carbocycles. The molecule has 0 fully saturated rings. The molecule has 1 aromatic carbocycles. The number of rotatable bonds is 1. The molecule has 0 saturated heterocycles. The predicted molar refractivity (Wildman–Crippen MR) is 46.3 cm³/mol. The summed E-state index contributed by atoms with van der Waals surface area (Å²) in [5.74, 6) is -2.86. The van der Waals surface area contributed by atoms with Crippen molar-refractivity contribution in [2.75, 3.05) is 0 Å². The van der Waals surface area contributed by atoms with E-state index in [-0.39, 0.29) is 11.3 Å². The number of benzene rings is 1. The van der Waals surface area contributed by atoms with Crippen molar-refractivity contribution < 1.29 is 13.2 Å². The molecule has 0 spiro atoms. The van der Waals surface area contributed by atoms with Crippen LogP contribution in [-0.4, -0.2) is 4.98 Å². The van der Waals surface area contributed by atoms with Gasteiger partial charge in [-0.25, -0.2) is 18.2 Å². The Bertz CT molecular complexity index is 430. The highest BCUT2D eigenvalue weighted by molar-refractivity contribution is 7.07. The molecule has 0 atom stereocenters. The molecule has 0 N–H and O–H groups in total. The van der Waals surface area contributed by atoms with Gasteiger partial charge in [0.15, 0.2) is 5.51 Å². The van der Waals surface area contributed by atoms with Crippen LogP contribution >= 0.6 is 11.3 Å². The zero-order chi connectivity index (χ0) is 10.1. The van der Waals surface area contributed by atoms with Crippen LogP contribution in [0.5, 0.6) is 0 Å². The van der Waals surface area contributed by atoms with Crippen molar-refractivity contribution in [1.29, 1.82) is 0 Å². The molecular weight excluding hydrogens is 211 g/mol. The van der Waals surface area contributed by atoms with Gasteiger partial charge >= 0.3 is 0 Å². The van der Waals surface area contributed by atoms with Gasteiger partial charge in [-0.15, -0.1) is 11.3 Å². The molecule has 71 valence electrons. The fraction of sp³-hybridized carbons (Fsp3) is 0. The van der Waals surface area contributed by atoms with Crippen molar-refractivity contribution >= 4 is 11.3 Å². The highest BCUT2D eigenvalue weighted by Gasteiger charge is 2.14. The maximum absolute atomic E-state index is 13.1. The van der Waals surface area contributed by atoms with Gasteiger partial charge in [0.05, 0.1) is 11.3 Å². The van der Waals surface area contributed by atoms with E-state index in [1.807, 2.05) is 0 Å². The highest BCUT2D eigenvalue weighted by atomic mass is 32.1. The lowest BCUT2D eigenvalue weighted by atomic mass is 10.1. The minimum absolute atomic E-state index is 0.130. The minimum Gasteiger partial charge on any atom is -0.233 e. The fourth-order valence-electron chi connectivity index (χ4n) is 1.09. The van der Waals surface area contributed by atoms with Crippen LogP contribution in [0.3, 0.4) is 0 Å². The normalized spacial score (nSPS) is 10.5. The molecular formula is C9H3F3NS. The highest BCUT2D eigenvalue weighted by Crippen LogP contribution is 2.26. The Morgan fingerprint density at radius 1 is 1.14 bits per heavy atom. The molecule has 1 aromatic heterocycles. The first-order valence-corrected chi connectivity index (χ1v) is 4.53. The Kier molecular flexibility index (Phi) is 2.25. The maximum Gasteiger partial charge on any atom is 0.152 e. The van der Waals surface area contributed by atoms with Crippen molar-refractivity contribution in [3.8, 4) is 11.3 Å². The molecule has 0 amide bonds. The molecule has 2 rings (SSSR count). The zero-order valence-corrected chi connectivity index (χ0v) is 7.54. The first-order chi connectivity index (χ1) is 6.68. The van der Waals surface area contributed by atoms with Gasteiger partial charge in [-0.3, -0.25) is 0 Å². The topological polar surface area (TPSA) is 12.9 Å². The van der Waals surface area contributed by atoms with E-state index in [9.17, 15) is 13.2 Å². The van der Waals surface area contributed by atoms with Crippen molar-refractivity contribution in [1.82, 2.24) is 4.98 Å². The summed E-state index contributed by atoms with van der Waals surface area (Å²) in [6.07, 6.45) is 0. The lowest BCUT2D eigenvalue weighted by Gasteiger charge is -2.01. The Morgan fingerprint density at radius 3 is 2.29 bits per heavy atom.